The van der Waals surface area contributed by atoms with E-state index in [9.17, 15) is 4.79 Å². The van der Waals surface area contributed by atoms with Crippen molar-refractivity contribution in [1.82, 2.24) is 9.97 Å². The number of carbonyl (C=O) groups excluding carboxylic acids is 1. The summed E-state index contributed by atoms with van der Waals surface area (Å²) in [6, 6.07) is 17.3. The fourth-order valence-corrected chi connectivity index (χ4v) is 2.34. The predicted molar refractivity (Wildman–Crippen MR) is 139 cm³/mol. The molecule has 0 spiro atoms. The van der Waals surface area contributed by atoms with E-state index in [1.165, 1.54) is 0 Å². The van der Waals surface area contributed by atoms with E-state index in [0.717, 1.165) is 22.6 Å². The van der Waals surface area contributed by atoms with Crippen molar-refractivity contribution in [3.63, 3.8) is 0 Å². The van der Waals surface area contributed by atoms with Gasteiger partial charge in [-0.25, -0.2) is 4.98 Å². The second kappa shape index (κ2) is 17.3. The van der Waals surface area contributed by atoms with Crippen molar-refractivity contribution in [3.8, 4) is 0 Å². The topological polar surface area (TPSA) is 78.9 Å². The zero-order valence-corrected chi connectivity index (χ0v) is 20.8. The van der Waals surface area contributed by atoms with Gasteiger partial charge in [0.25, 0.3) is 0 Å². The van der Waals surface area contributed by atoms with E-state index >= 15 is 0 Å². The molecule has 3 rings (SSSR count). The van der Waals surface area contributed by atoms with Crippen LogP contribution in [0.1, 0.15) is 60.5 Å². The smallest absolute Gasteiger partial charge is 0.229 e. The molecule has 0 aliphatic heterocycles. The lowest BCUT2D eigenvalue weighted by molar-refractivity contribution is -0.115. The SMILES string of the molecule is CC.CC.CC.CCC(=O)Nc1cccc(Nc2nc(Nc3ccccc3)ncc2C)c1. The summed E-state index contributed by atoms with van der Waals surface area (Å²) in [7, 11) is 0. The molecule has 0 fully saturated rings. The first-order chi connectivity index (χ1) is 15.6. The Labute approximate surface area is 193 Å². The summed E-state index contributed by atoms with van der Waals surface area (Å²) in [4.78, 5) is 20.4. The zero-order valence-electron chi connectivity index (χ0n) is 20.8. The van der Waals surface area contributed by atoms with Crippen LogP contribution in [0.5, 0.6) is 0 Å². The molecule has 0 aliphatic carbocycles. The number of amides is 1. The number of carbonyl (C=O) groups is 1. The lowest BCUT2D eigenvalue weighted by atomic mass is 10.2. The average molecular weight is 438 g/mol. The highest BCUT2D eigenvalue weighted by molar-refractivity contribution is 5.91. The molecule has 1 amide bonds. The number of rotatable bonds is 6. The minimum absolute atomic E-state index is 0.0188. The number of aryl methyl sites for hydroxylation is 1. The van der Waals surface area contributed by atoms with Crippen LogP contribution >= 0.6 is 0 Å². The van der Waals surface area contributed by atoms with Gasteiger partial charge in [0.05, 0.1) is 0 Å². The fourth-order valence-electron chi connectivity index (χ4n) is 2.34. The van der Waals surface area contributed by atoms with Crippen molar-refractivity contribution in [3.05, 3.63) is 66.4 Å². The molecule has 0 aliphatic rings. The highest BCUT2D eigenvalue weighted by atomic mass is 16.1. The molecule has 0 radical (unpaired) electrons. The Kier molecular flexibility index (Phi) is 15.4. The lowest BCUT2D eigenvalue weighted by Crippen LogP contribution is -2.09. The first-order valence-electron chi connectivity index (χ1n) is 11.5. The third-order valence-corrected chi connectivity index (χ3v) is 3.73. The molecule has 174 valence electrons. The predicted octanol–water partition coefficient (Wildman–Crippen LogP) is 7.70. The molecule has 1 heterocycles. The van der Waals surface area contributed by atoms with Crippen molar-refractivity contribution in [2.45, 2.75) is 61.8 Å². The van der Waals surface area contributed by atoms with Crippen molar-refractivity contribution in [2.75, 3.05) is 16.0 Å². The van der Waals surface area contributed by atoms with Gasteiger partial charge < -0.3 is 16.0 Å². The Morgan fingerprint density at radius 1 is 0.812 bits per heavy atom. The van der Waals surface area contributed by atoms with Gasteiger partial charge >= 0.3 is 0 Å². The Morgan fingerprint density at radius 2 is 1.41 bits per heavy atom. The summed E-state index contributed by atoms with van der Waals surface area (Å²) in [5, 5.41) is 9.32. The third-order valence-electron chi connectivity index (χ3n) is 3.73. The highest BCUT2D eigenvalue weighted by Crippen LogP contribution is 2.23. The Bertz CT molecular complexity index is 898. The molecule has 3 N–H and O–H groups in total. The van der Waals surface area contributed by atoms with E-state index in [1.807, 2.05) is 110 Å². The minimum atomic E-state index is -0.0188. The number of benzene rings is 2. The van der Waals surface area contributed by atoms with Crippen LogP contribution in [-0.2, 0) is 4.79 Å². The Balaban J connectivity index is 0.00000148. The first-order valence-corrected chi connectivity index (χ1v) is 11.5. The average Bonchev–Trinajstić information content (AvgIpc) is 2.86. The first kappa shape index (κ1) is 28.6. The fraction of sp³-hybridized carbons (Fsp3) is 0.346. The summed E-state index contributed by atoms with van der Waals surface area (Å²) in [6.45, 7) is 15.8. The summed E-state index contributed by atoms with van der Waals surface area (Å²) in [5.41, 5.74) is 3.43. The van der Waals surface area contributed by atoms with E-state index in [-0.39, 0.29) is 5.91 Å². The van der Waals surface area contributed by atoms with Crippen LogP contribution in [0.2, 0.25) is 0 Å². The summed E-state index contributed by atoms with van der Waals surface area (Å²) >= 11 is 0. The van der Waals surface area contributed by atoms with Crippen LogP contribution in [0.3, 0.4) is 0 Å². The molecule has 0 saturated heterocycles. The number of para-hydroxylation sites is 1. The minimum Gasteiger partial charge on any atom is -0.340 e. The molecule has 32 heavy (non-hydrogen) atoms. The van der Waals surface area contributed by atoms with E-state index in [0.29, 0.717) is 18.2 Å². The van der Waals surface area contributed by atoms with Gasteiger partial charge in [-0.1, -0.05) is 72.7 Å². The number of nitrogens with one attached hydrogen (secondary N) is 3. The maximum Gasteiger partial charge on any atom is 0.229 e. The molecular weight excluding hydrogens is 398 g/mol. The standard InChI is InChI=1S/C20H21N5O.3C2H6/c1-3-18(26)22-16-10-7-11-17(12-16)23-19-14(2)13-21-20(25-19)24-15-8-5-4-6-9-15;3*1-2/h4-13H,3H2,1-2H3,(H,22,26)(H2,21,23,24,25);3*1-2H3. The van der Waals surface area contributed by atoms with Gasteiger partial charge in [-0.15, -0.1) is 0 Å². The molecular formula is C26H39N5O. The monoisotopic (exact) mass is 437 g/mol. The maximum absolute atomic E-state index is 11.6. The second-order valence-corrected chi connectivity index (χ2v) is 5.82. The van der Waals surface area contributed by atoms with E-state index in [2.05, 4.69) is 25.9 Å². The summed E-state index contributed by atoms with van der Waals surface area (Å²) < 4.78 is 0. The van der Waals surface area contributed by atoms with Gasteiger partial charge in [0.2, 0.25) is 11.9 Å². The molecule has 0 unspecified atom stereocenters. The Hall–Kier alpha value is -3.41. The zero-order chi connectivity index (χ0) is 24.4. The van der Waals surface area contributed by atoms with Crippen molar-refractivity contribution in [2.24, 2.45) is 0 Å². The van der Waals surface area contributed by atoms with Crippen molar-refractivity contribution >= 4 is 34.7 Å². The number of aromatic nitrogens is 2. The van der Waals surface area contributed by atoms with Crippen LogP contribution in [-0.4, -0.2) is 15.9 Å². The maximum atomic E-state index is 11.6. The summed E-state index contributed by atoms with van der Waals surface area (Å²) in [5.74, 6) is 1.20. The van der Waals surface area contributed by atoms with Crippen LogP contribution in [0, 0.1) is 6.92 Å². The van der Waals surface area contributed by atoms with Gasteiger partial charge in [-0.2, -0.15) is 4.98 Å². The van der Waals surface area contributed by atoms with E-state index < -0.39 is 0 Å². The third kappa shape index (κ3) is 10.1. The van der Waals surface area contributed by atoms with Crippen LogP contribution in [0.15, 0.2) is 60.8 Å². The molecule has 0 atom stereocenters. The van der Waals surface area contributed by atoms with Crippen molar-refractivity contribution in [1.29, 1.82) is 0 Å². The quantitative estimate of drug-likeness (QED) is 0.368. The molecule has 0 bridgehead atoms. The van der Waals surface area contributed by atoms with Crippen LogP contribution in [0.4, 0.5) is 28.8 Å². The van der Waals surface area contributed by atoms with E-state index in [1.54, 1.807) is 6.20 Å². The number of nitrogens with zero attached hydrogens (tertiary/aromatic N) is 2. The highest BCUT2D eigenvalue weighted by Gasteiger charge is 2.06. The molecule has 6 nitrogen and oxygen atoms in total. The second-order valence-electron chi connectivity index (χ2n) is 5.82. The van der Waals surface area contributed by atoms with Gasteiger partial charge in [-0.05, 0) is 37.3 Å². The number of hydrogen-bond acceptors (Lipinski definition) is 5. The number of anilines is 5. The molecule has 6 heteroatoms. The van der Waals surface area contributed by atoms with Gasteiger partial charge in [0.15, 0.2) is 0 Å². The van der Waals surface area contributed by atoms with Crippen molar-refractivity contribution < 1.29 is 4.79 Å². The molecule has 2 aromatic carbocycles. The number of hydrogen-bond donors (Lipinski definition) is 3. The molecule has 0 saturated carbocycles. The van der Waals surface area contributed by atoms with Crippen LogP contribution < -0.4 is 16.0 Å². The lowest BCUT2D eigenvalue weighted by Gasteiger charge is -2.12. The summed E-state index contributed by atoms with van der Waals surface area (Å²) in [6.07, 6.45) is 2.21. The Morgan fingerprint density at radius 3 is 2.03 bits per heavy atom. The largest absolute Gasteiger partial charge is 0.340 e. The van der Waals surface area contributed by atoms with Gasteiger partial charge in [0.1, 0.15) is 5.82 Å². The van der Waals surface area contributed by atoms with Gasteiger partial charge in [0, 0.05) is 35.2 Å². The molecule has 3 aromatic rings. The van der Waals surface area contributed by atoms with E-state index in [4.69, 9.17) is 0 Å². The van der Waals surface area contributed by atoms with Crippen LogP contribution in [0.25, 0.3) is 0 Å². The van der Waals surface area contributed by atoms with Gasteiger partial charge in [-0.3, -0.25) is 4.79 Å². The normalized spacial score (nSPS) is 8.88. The molecule has 1 aromatic heterocycles.